The van der Waals surface area contributed by atoms with Gasteiger partial charge in [-0.3, -0.25) is 14.4 Å². The molecule has 0 saturated heterocycles. The summed E-state index contributed by atoms with van der Waals surface area (Å²) in [5.41, 5.74) is 0.511. The first-order valence-electron chi connectivity index (χ1n) is 14.5. The van der Waals surface area contributed by atoms with Crippen molar-refractivity contribution in [3.63, 3.8) is 0 Å². The Balaban J connectivity index is 0.000000184. The number of carbonyl (C=O) groups is 4. The van der Waals surface area contributed by atoms with Crippen LogP contribution < -0.4 is 0 Å². The van der Waals surface area contributed by atoms with Crippen molar-refractivity contribution < 1.29 is 39.6 Å². The monoisotopic (exact) mass is 643 g/mol. The van der Waals surface area contributed by atoms with Crippen molar-refractivity contribution in [1.82, 2.24) is 4.90 Å². The SMILES string of the molecule is CN(C)C1(CCc2ccccc2)CCC(=O)CC1.O=C(O)CC(O)(CC(=O)O)C(=O)O.c1ccc2c3c(sc2c1)CSCC3. The van der Waals surface area contributed by atoms with Gasteiger partial charge in [0.25, 0.3) is 0 Å². The van der Waals surface area contributed by atoms with Crippen molar-refractivity contribution in [2.75, 3.05) is 19.8 Å². The maximum absolute atomic E-state index is 11.4. The van der Waals surface area contributed by atoms with Crippen LogP contribution in [-0.4, -0.2) is 80.0 Å². The molecule has 4 N–H and O–H groups in total. The van der Waals surface area contributed by atoms with Gasteiger partial charge in [0, 0.05) is 33.7 Å². The molecule has 0 radical (unpaired) electrons. The summed E-state index contributed by atoms with van der Waals surface area (Å²) in [7, 11) is 4.31. The Morgan fingerprint density at radius 1 is 0.886 bits per heavy atom. The molecule has 1 aliphatic heterocycles. The van der Waals surface area contributed by atoms with Crippen LogP contribution in [-0.2, 0) is 37.8 Å². The first kappa shape index (κ1) is 35.2. The molecular formula is C33H41NO8S2. The van der Waals surface area contributed by atoms with Gasteiger partial charge in [0.2, 0.25) is 0 Å². The number of carboxylic acids is 3. The normalized spacial score (nSPS) is 15.8. The molecule has 0 atom stereocenters. The topological polar surface area (TPSA) is 152 Å². The minimum absolute atomic E-state index is 0.226. The lowest BCUT2D eigenvalue weighted by atomic mass is 9.76. The maximum Gasteiger partial charge on any atom is 0.336 e. The van der Waals surface area contributed by atoms with Gasteiger partial charge in [-0.25, -0.2) is 4.79 Å². The summed E-state index contributed by atoms with van der Waals surface area (Å²) in [5, 5.41) is 35.3. The van der Waals surface area contributed by atoms with Crippen LogP contribution in [0.15, 0.2) is 54.6 Å². The number of thiophene rings is 1. The number of nitrogens with zero attached hydrogens (tertiary/aromatic N) is 1. The van der Waals surface area contributed by atoms with Gasteiger partial charge in [0.15, 0.2) is 5.60 Å². The standard InChI is InChI=1S/C16H23NO.C11H10S2.C6H8O7/c1-17(2)16(12-9-15(18)10-13-16)11-8-14-6-4-3-5-7-14;1-2-4-10-8(3-1)9-5-6-12-7-11(9)13-10;7-3(8)1-6(13,5(11)12)2-4(9)10/h3-7H,8-13H2,1-2H3;1-4H,5-7H2;13H,1-2H2,(H,7,8)(H,9,10)(H,11,12). The van der Waals surface area contributed by atoms with Crippen LogP contribution in [0.5, 0.6) is 0 Å². The number of hydrogen-bond acceptors (Lipinski definition) is 8. The summed E-state index contributed by atoms with van der Waals surface area (Å²) in [6.07, 6.45) is 4.79. The van der Waals surface area contributed by atoms with E-state index in [0.717, 1.165) is 38.5 Å². The molecule has 2 aliphatic rings. The predicted octanol–water partition coefficient (Wildman–Crippen LogP) is 5.50. The van der Waals surface area contributed by atoms with Gasteiger partial charge in [-0.15, -0.1) is 11.3 Å². The molecule has 0 bridgehead atoms. The number of Topliss-reactive ketones (excluding diaryl/α,β-unsaturated/α-hetero) is 1. The van der Waals surface area contributed by atoms with Crippen molar-refractivity contribution in [3.05, 3.63) is 70.6 Å². The Bertz CT molecular complexity index is 1410. The second-order valence-corrected chi connectivity index (χ2v) is 13.7. The largest absolute Gasteiger partial charge is 0.481 e. The molecule has 5 rings (SSSR count). The minimum atomic E-state index is -2.74. The number of rotatable bonds is 9. The second kappa shape index (κ2) is 16.2. The average Bonchev–Trinajstić information content (AvgIpc) is 3.36. The fraction of sp³-hybridized carbons (Fsp3) is 0.455. The molecule has 1 saturated carbocycles. The Hall–Kier alpha value is -3.25. The number of thioether (sulfide) groups is 1. The number of ketones is 1. The highest BCUT2D eigenvalue weighted by Crippen LogP contribution is 2.37. The lowest BCUT2D eigenvalue weighted by molar-refractivity contribution is -0.170. The third-order valence-electron chi connectivity index (χ3n) is 8.21. The zero-order valence-electron chi connectivity index (χ0n) is 25.2. The Morgan fingerprint density at radius 2 is 1.48 bits per heavy atom. The summed E-state index contributed by atoms with van der Waals surface area (Å²) in [6.45, 7) is 0. The third kappa shape index (κ3) is 9.88. The Kier molecular flexibility index (Phi) is 12.9. The van der Waals surface area contributed by atoms with E-state index < -0.39 is 36.4 Å². The van der Waals surface area contributed by atoms with Gasteiger partial charge in [0.05, 0.1) is 12.8 Å². The highest BCUT2D eigenvalue weighted by atomic mass is 32.2. The van der Waals surface area contributed by atoms with E-state index in [1.54, 1.807) is 10.4 Å². The van der Waals surface area contributed by atoms with Gasteiger partial charge < -0.3 is 25.3 Å². The Labute approximate surface area is 265 Å². The zero-order valence-corrected chi connectivity index (χ0v) is 26.8. The van der Waals surface area contributed by atoms with Crippen LogP contribution in [0.4, 0.5) is 0 Å². The van der Waals surface area contributed by atoms with E-state index >= 15 is 0 Å². The molecule has 11 heteroatoms. The van der Waals surface area contributed by atoms with Gasteiger partial charge in [0.1, 0.15) is 5.78 Å². The van der Waals surface area contributed by atoms with Gasteiger partial charge in [-0.05, 0) is 74.5 Å². The highest BCUT2D eigenvalue weighted by Gasteiger charge is 2.41. The van der Waals surface area contributed by atoms with E-state index in [1.165, 1.54) is 33.6 Å². The van der Waals surface area contributed by atoms with Crippen LogP contribution >= 0.6 is 23.1 Å². The summed E-state index contributed by atoms with van der Waals surface area (Å²) < 4.78 is 1.47. The van der Waals surface area contributed by atoms with Crippen LogP contribution in [0, 0.1) is 0 Å². The van der Waals surface area contributed by atoms with Crippen molar-refractivity contribution in [2.45, 2.75) is 74.7 Å². The predicted molar refractivity (Wildman–Crippen MR) is 173 cm³/mol. The van der Waals surface area contributed by atoms with E-state index in [1.807, 2.05) is 11.3 Å². The molecule has 2 heterocycles. The Morgan fingerprint density at radius 3 is 2.05 bits per heavy atom. The number of carboxylic acid groups (broad SMARTS) is 3. The summed E-state index contributed by atoms with van der Waals surface area (Å²) in [6, 6.07) is 19.4. The van der Waals surface area contributed by atoms with Crippen LogP contribution in [0.2, 0.25) is 0 Å². The molecule has 0 amide bonds. The molecule has 1 aromatic heterocycles. The van der Waals surface area contributed by atoms with Gasteiger partial charge in [-0.2, -0.15) is 11.8 Å². The number of hydrogen-bond donors (Lipinski definition) is 4. The van der Waals surface area contributed by atoms with Crippen molar-refractivity contribution in [1.29, 1.82) is 0 Å². The average molecular weight is 644 g/mol. The first-order chi connectivity index (χ1) is 20.8. The van der Waals surface area contributed by atoms with E-state index in [2.05, 4.69) is 85.4 Å². The molecule has 9 nitrogen and oxygen atoms in total. The number of carbonyl (C=O) groups excluding carboxylic acids is 1. The van der Waals surface area contributed by atoms with Gasteiger partial charge >= 0.3 is 17.9 Å². The van der Waals surface area contributed by atoms with E-state index in [4.69, 9.17) is 20.4 Å². The number of aliphatic hydroxyl groups is 1. The van der Waals surface area contributed by atoms with Gasteiger partial charge in [-0.1, -0.05) is 48.5 Å². The second-order valence-electron chi connectivity index (χ2n) is 11.4. The number of aryl methyl sites for hydroxylation is 2. The van der Waals surface area contributed by atoms with E-state index in [-0.39, 0.29) is 5.54 Å². The fourth-order valence-electron chi connectivity index (χ4n) is 5.53. The van der Waals surface area contributed by atoms with Crippen molar-refractivity contribution in [3.8, 4) is 0 Å². The molecule has 0 unspecified atom stereocenters. The highest BCUT2D eigenvalue weighted by molar-refractivity contribution is 7.98. The summed E-state index contributed by atoms with van der Waals surface area (Å²) in [4.78, 5) is 45.9. The molecule has 44 heavy (non-hydrogen) atoms. The minimum Gasteiger partial charge on any atom is -0.481 e. The molecule has 3 aromatic rings. The first-order valence-corrected chi connectivity index (χ1v) is 16.5. The molecule has 0 spiro atoms. The van der Waals surface area contributed by atoms with Crippen molar-refractivity contribution in [2.24, 2.45) is 0 Å². The molecule has 238 valence electrons. The fourth-order valence-corrected chi connectivity index (χ4v) is 7.92. The van der Waals surface area contributed by atoms with Crippen LogP contribution in [0.3, 0.4) is 0 Å². The molecular weight excluding hydrogens is 602 g/mol. The van der Waals surface area contributed by atoms with Crippen molar-refractivity contribution >= 4 is 56.9 Å². The lowest BCUT2D eigenvalue weighted by Crippen LogP contribution is -2.47. The smallest absolute Gasteiger partial charge is 0.336 e. The van der Waals surface area contributed by atoms with E-state index in [0.29, 0.717) is 5.78 Å². The lowest BCUT2D eigenvalue weighted by Gasteiger charge is -2.43. The van der Waals surface area contributed by atoms with Crippen LogP contribution in [0.1, 0.15) is 60.9 Å². The zero-order chi connectivity index (χ0) is 32.3. The number of aliphatic carboxylic acids is 3. The number of benzene rings is 2. The molecule has 1 fully saturated rings. The molecule has 1 aliphatic carbocycles. The summed E-state index contributed by atoms with van der Waals surface area (Å²) in [5.74, 6) is -2.05. The van der Waals surface area contributed by atoms with E-state index in [9.17, 15) is 19.2 Å². The number of fused-ring (bicyclic) bond motifs is 3. The quantitative estimate of drug-likeness (QED) is 0.235. The van der Waals surface area contributed by atoms with Crippen LogP contribution in [0.25, 0.3) is 10.1 Å². The third-order valence-corrected chi connectivity index (χ3v) is 10.6. The maximum atomic E-state index is 11.4. The molecule has 2 aromatic carbocycles. The summed E-state index contributed by atoms with van der Waals surface area (Å²) >= 11 is 4.04.